The molecule has 0 aromatic rings. The summed E-state index contributed by atoms with van der Waals surface area (Å²) in [6.45, 7) is -2.32. The smallest absolute Gasteiger partial charge is 0.224 e. The predicted molar refractivity (Wildman–Crippen MR) is 68.6 cm³/mol. The van der Waals surface area contributed by atoms with Gasteiger partial charge in [-0.25, -0.2) is 0 Å². The van der Waals surface area contributed by atoms with E-state index in [2.05, 4.69) is 0 Å². The minimum Gasteiger partial charge on any atom is -0.394 e. The molecule has 2 fully saturated rings. The van der Waals surface area contributed by atoms with Gasteiger partial charge in [0.15, 0.2) is 6.29 Å². The maximum atomic E-state index is 10.00. The van der Waals surface area contributed by atoms with E-state index in [0.29, 0.717) is 0 Å². The Kier molecular flexibility index (Phi) is 5.92. The van der Waals surface area contributed by atoms with Crippen LogP contribution in [-0.2, 0) is 14.2 Å². The average molecular weight is 348 g/mol. The topological polar surface area (TPSA) is 190 Å². The number of hydrogen-bond acceptors (Lipinski definition) is 11. The van der Waals surface area contributed by atoms with Crippen molar-refractivity contribution in [1.82, 2.24) is 0 Å². The van der Waals surface area contributed by atoms with E-state index in [1.807, 2.05) is 0 Å². The summed E-state index contributed by atoms with van der Waals surface area (Å²) < 4.78 is 15.4. The summed E-state index contributed by atoms with van der Waals surface area (Å²) in [4.78, 5) is 0. The second kappa shape index (κ2) is 7.21. The van der Waals surface area contributed by atoms with Gasteiger partial charge in [-0.2, -0.15) is 0 Å². The van der Waals surface area contributed by atoms with Crippen LogP contribution in [0.15, 0.2) is 0 Å². The fraction of sp³-hybridized carbons (Fsp3) is 1.00. The highest BCUT2D eigenvalue weighted by molar-refractivity contribution is 4.98. The fourth-order valence-electron chi connectivity index (χ4n) is 2.63. The van der Waals surface area contributed by atoms with Crippen molar-refractivity contribution in [2.75, 3.05) is 19.8 Å². The van der Waals surface area contributed by atoms with E-state index in [9.17, 15) is 30.6 Å². The quantitative estimate of drug-likeness (QED) is 0.221. The molecule has 0 aromatic carbocycles. The van der Waals surface area contributed by atoms with E-state index in [4.69, 9.17) is 24.4 Å². The van der Waals surface area contributed by atoms with Crippen LogP contribution >= 0.6 is 0 Å². The van der Waals surface area contributed by atoms with Gasteiger partial charge in [0.2, 0.25) is 5.79 Å². The molecule has 2 saturated heterocycles. The molecule has 0 radical (unpaired) electrons. The molecule has 23 heavy (non-hydrogen) atoms. The van der Waals surface area contributed by atoms with E-state index in [0.717, 1.165) is 0 Å². The van der Waals surface area contributed by atoms with Gasteiger partial charge in [0, 0.05) is 0 Å². The standard InChI is InChI=1S/C12H22O11/c13-1-4-6(16)8(18)9(19)11(21-4)23-12(3-15)10(20)7(17)5(2-14)22-12/h4-11,13-20H,1-3H2/t4-,5-,6-,7-,8+,9-,10+,11-,12?/m1/s1/i1+1,4+1,6+1,8+1,9+1,11+1. The van der Waals surface area contributed by atoms with Crippen LogP contribution in [-0.4, -0.2) is 115 Å². The van der Waals surface area contributed by atoms with Gasteiger partial charge in [-0.15, -0.1) is 0 Å². The first kappa shape index (κ1) is 18.9. The Labute approximate surface area is 130 Å². The van der Waals surface area contributed by atoms with E-state index in [-0.39, 0.29) is 0 Å². The Bertz CT molecular complexity index is 393. The molecular formula is C12H22O11. The molecule has 2 aliphatic heterocycles. The summed E-state index contributed by atoms with van der Waals surface area (Å²) in [6.07, 6.45) is -12.7. The number of ether oxygens (including phenoxy) is 3. The summed E-state index contributed by atoms with van der Waals surface area (Å²) in [5.74, 6) is -2.22. The minimum absolute atomic E-state index is 0.669. The summed E-state index contributed by atoms with van der Waals surface area (Å²) in [5, 5.41) is 76.7. The monoisotopic (exact) mass is 348 g/mol. The highest BCUT2D eigenvalue weighted by atomic mass is 16.9. The van der Waals surface area contributed by atoms with E-state index in [1.165, 1.54) is 0 Å². The minimum atomic E-state index is -2.22. The van der Waals surface area contributed by atoms with Crippen LogP contribution < -0.4 is 0 Å². The zero-order valence-corrected chi connectivity index (χ0v) is 12.0. The van der Waals surface area contributed by atoms with Crippen molar-refractivity contribution in [3.05, 3.63) is 0 Å². The molecule has 0 amide bonds. The third-order valence-corrected chi connectivity index (χ3v) is 4.07. The molecule has 9 atom stereocenters. The average Bonchev–Trinajstić information content (AvgIpc) is 2.80. The third kappa shape index (κ3) is 3.23. The number of rotatable bonds is 5. The Morgan fingerprint density at radius 1 is 0.783 bits per heavy atom. The van der Waals surface area contributed by atoms with Gasteiger partial charge in [-0.05, 0) is 0 Å². The van der Waals surface area contributed by atoms with Gasteiger partial charge in [0.1, 0.15) is 49.3 Å². The number of aliphatic hydroxyl groups is 8. The Morgan fingerprint density at radius 2 is 1.39 bits per heavy atom. The van der Waals surface area contributed by atoms with Crippen LogP contribution in [0.25, 0.3) is 0 Å². The summed E-state index contributed by atoms with van der Waals surface area (Å²) >= 11 is 0. The fourth-order valence-corrected chi connectivity index (χ4v) is 2.63. The lowest BCUT2D eigenvalue weighted by Crippen LogP contribution is -2.62. The molecule has 136 valence electrons. The van der Waals surface area contributed by atoms with Crippen molar-refractivity contribution >= 4 is 0 Å². The first-order valence-electron chi connectivity index (χ1n) is 7.05. The first-order valence-corrected chi connectivity index (χ1v) is 7.05. The molecule has 0 spiro atoms. The third-order valence-electron chi connectivity index (χ3n) is 4.07. The molecule has 1 unspecified atom stereocenters. The van der Waals surface area contributed by atoms with Crippen molar-refractivity contribution in [1.29, 1.82) is 0 Å². The number of hydrogen-bond donors (Lipinski definition) is 8. The molecule has 2 rings (SSSR count). The lowest BCUT2D eigenvalue weighted by molar-refractivity contribution is -0.383. The van der Waals surface area contributed by atoms with Crippen LogP contribution in [0.1, 0.15) is 0 Å². The molecule has 2 heterocycles. The van der Waals surface area contributed by atoms with Gasteiger partial charge in [0.05, 0.1) is 13.2 Å². The Morgan fingerprint density at radius 3 is 1.87 bits per heavy atom. The Hall–Kier alpha value is -0.440. The van der Waals surface area contributed by atoms with Crippen LogP contribution in [0, 0.1) is 0 Å². The molecule has 8 N–H and O–H groups in total. The lowest BCUT2D eigenvalue weighted by atomic mass is 10.1. The molecule has 0 aromatic heterocycles. The van der Waals surface area contributed by atoms with E-state index < -0.39 is 74.6 Å². The first-order chi connectivity index (χ1) is 10.8. The number of aliphatic hydroxyl groups excluding tert-OH is 8. The lowest BCUT2D eigenvalue weighted by Gasteiger charge is -2.43. The maximum absolute atomic E-state index is 10.00. The van der Waals surface area contributed by atoms with E-state index >= 15 is 0 Å². The van der Waals surface area contributed by atoms with Gasteiger partial charge in [-0.1, -0.05) is 0 Å². The highest BCUT2D eigenvalue weighted by Crippen LogP contribution is 2.35. The summed E-state index contributed by atoms with van der Waals surface area (Å²) in [5.41, 5.74) is 0. The Balaban J connectivity index is 2.18. The summed E-state index contributed by atoms with van der Waals surface area (Å²) in [6, 6.07) is 0. The highest BCUT2D eigenvalue weighted by Gasteiger charge is 2.58. The van der Waals surface area contributed by atoms with Crippen molar-refractivity contribution < 1.29 is 55.1 Å². The van der Waals surface area contributed by atoms with Gasteiger partial charge in [0.25, 0.3) is 0 Å². The van der Waals surface area contributed by atoms with Crippen LogP contribution in [0.3, 0.4) is 0 Å². The van der Waals surface area contributed by atoms with Crippen molar-refractivity contribution in [3.63, 3.8) is 0 Å². The zero-order chi connectivity index (χ0) is 17.4. The largest absolute Gasteiger partial charge is 0.394 e. The summed E-state index contributed by atoms with van der Waals surface area (Å²) in [7, 11) is 0. The maximum Gasteiger partial charge on any atom is 0.224 e. The zero-order valence-electron chi connectivity index (χ0n) is 12.0. The van der Waals surface area contributed by atoms with Crippen LogP contribution in [0.5, 0.6) is 0 Å². The second-order valence-electron chi connectivity index (χ2n) is 5.56. The molecule has 11 heteroatoms. The second-order valence-corrected chi connectivity index (χ2v) is 5.56. The molecule has 11 nitrogen and oxygen atoms in total. The molecule has 2 aliphatic rings. The molecule has 0 saturated carbocycles. The SMILES string of the molecule is OC[C@H]1OC(CO)(O[13C@H]2O[13C@H]([13CH2]O)[13C@@H](O)[13C@H](O)[13C@H]2O)[C@@H](O)[C@@H]1O. The van der Waals surface area contributed by atoms with Crippen LogP contribution in [0.2, 0.25) is 0 Å². The normalized spacial score (nSPS) is 51.1. The van der Waals surface area contributed by atoms with Crippen LogP contribution in [0.4, 0.5) is 0 Å². The molecular weight excluding hydrogens is 326 g/mol. The van der Waals surface area contributed by atoms with Gasteiger partial charge in [-0.3, -0.25) is 0 Å². The molecule has 0 aliphatic carbocycles. The van der Waals surface area contributed by atoms with Crippen molar-refractivity contribution in [3.8, 4) is 0 Å². The van der Waals surface area contributed by atoms with Crippen molar-refractivity contribution in [2.45, 2.75) is 54.8 Å². The molecule has 0 bridgehead atoms. The predicted octanol–water partition coefficient (Wildman–Crippen LogP) is -5.40. The van der Waals surface area contributed by atoms with Gasteiger partial charge >= 0.3 is 0 Å². The van der Waals surface area contributed by atoms with Crippen molar-refractivity contribution in [2.24, 2.45) is 0 Å². The van der Waals surface area contributed by atoms with E-state index in [1.54, 1.807) is 0 Å². The van der Waals surface area contributed by atoms with Gasteiger partial charge < -0.3 is 55.1 Å².